The van der Waals surface area contributed by atoms with E-state index in [0.29, 0.717) is 5.69 Å². The first-order chi connectivity index (χ1) is 17.5. The van der Waals surface area contributed by atoms with Gasteiger partial charge in [-0.05, 0) is 31.2 Å². The highest BCUT2D eigenvalue weighted by Gasteiger charge is 2.50. The van der Waals surface area contributed by atoms with Crippen LogP contribution in [0.1, 0.15) is 34.2 Å². The van der Waals surface area contributed by atoms with Crippen molar-refractivity contribution in [2.45, 2.75) is 31.4 Å². The van der Waals surface area contributed by atoms with Crippen molar-refractivity contribution >= 4 is 35.0 Å². The fourth-order valence-corrected chi connectivity index (χ4v) is 4.12. The van der Waals surface area contributed by atoms with E-state index < -0.39 is 36.2 Å². The highest BCUT2D eigenvalue weighted by atomic mass is 19.3. The monoisotopic (exact) mass is 514 g/mol. The number of piperidine rings is 1. The number of hydrogen-bond donors (Lipinski definition) is 3. The Morgan fingerprint density at radius 2 is 1.89 bits per heavy atom. The molecule has 2 amide bonds. The maximum Gasteiger partial charge on any atom is 0.273 e. The first-order valence-corrected chi connectivity index (χ1v) is 11.5. The maximum atomic E-state index is 15.0. The summed E-state index contributed by atoms with van der Waals surface area (Å²) in [5, 5.41) is 17.3. The number of anilines is 4. The molecule has 3 aromatic rings. The molecule has 0 radical (unpaired) electrons. The molecule has 14 heteroatoms. The van der Waals surface area contributed by atoms with Crippen molar-refractivity contribution in [2.24, 2.45) is 12.8 Å². The lowest BCUT2D eigenvalue weighted by Gasteiger charge is -2.43. The van der Waals surface area contributed by atoms with Crippen molar-refractivity contribution in [3.8, 4) is 0 Å². The molecule has 0 saturated carbocycles. The second kappa shape index (κ2) is 9.95. The predicted octanol–water partition coefficient (Wildman–Crippen LogP) is 1.55. The highest BCUT2D eigenvalue weighted by molar-refractivity contribution is 5.96. The van der Waals surface area contributed by atoms with Gasteiger partial charge in [-0.3, -0.25) is 14.3 Å². The smallest absolute Gasteiger partial charge is 0.273 e. The molecule has 2 aromatic heterocycles. The molecule has 1 aliphatic rings. The molecule has 3 heterocycles. The number of aryl methyl sites for hydroxylation is 1. The van der Waals surface area contributed by atoms with Gasteiger partial charge < -0.3 is 26.2 Å². The lowest BCUT2D eigenvalue weighted by atomic mass is 9.93. The molecule has 0 unspecified atom stereocenters. The van der Waals surface area contributed by atoms with Crippen LogP contribution in [0.5, 0.6) is 0 Å². The van der Waals surface area contributed by atoms with Crippen molar-refractivity contribution in [2.75, 3.05) is 35.8 Å². The van der Waals surface area contributed by atoms with Crippen LogP contribution in [-0.4, -0.2) is 75.4 Å². The Hall–Kier alpha value is -4.36. The number of aromatic nitrogens is 5. The summed E-state index contributed by atoms with van der Waals surface area (Å²) in [6.45, 7) is 1.45. The van der Waals surface area contributed by atoms with Crippen LogP contribution in [0.15, 0.2) is 36.7 Å². The molecule has 1 fully saturated rings. The fourth-order valence-electron chi connectivity index (χ4n) is 4.12. The Kier molecular flexibility index (Phi) is 6.92. The largest absolute Gasteiger partial charge is 0.378 e. The van der Waals surface area contributed by atoms with Crippen molar-refractivity contribution in [1.82, 2.24) is 30.3 Å². The Labute approximate surface area is 211 Å². The number of rotatable bonds is 7. The van der Waals surface area contributed by atoms with Gasteiger partial charge in [0, 0.05) is 51.6 Å². The van der Waals surface area contributed by atoms with E-state index in [1.165, 1.54) is 15.8 Å². The van der Waals surface area contributed by atoms with Gasteiger partial charge in [0.05, 0.1) is 17.9 Å². The second-order valence-corrected chi connectivity index (χ2v) is 9.04. The van der Waals surface area contributed by atoms with E-state index in [1.807, 2.05) is 19.0 Å². The number of halogens is 2. The summed E-state index contributed by atoms with van der Waals surface area (Å²) < 4.78 is 31.6. The van der Waals surface area contributed by atoms with Gasteiger partial charge in [0.15, 0.2) is 11.5 Å². The molecule has 4 rings (SSSR count). The van der Waals surface area contributed by atoms with Crippen molar-refractivity contribution in [3.05, 3.63) is 47.9 Å². The van der Waals surface area contributed by atoms with Crippen LogP contribution in [0, 0.1) is 0 Å². The van der Waals surface area contributed by atoms with Gasteiger partial charge in [-0.1, -0.05) is 0 Å². The molecule has 4 N–H and O–H groups in total. The number of carbonyl (C=O) groups excluding carboxylic acids is 2. The zero-order valence-corrected chi connectivity index (χ0v) is 20.8. The zero-order chi connectivity index (χ0) is 26.9. The molecule has 0 aliphatic carbocycles. The van der Waals surface area contributed by atoms with Gasteiger partial charge in [0.1, 0.15) is 6.04 Å². The minimum absolute atomic E-state index is 0.00831. The fraction of sp³-hybridized carbons (Fsp3) is 0.391. The van der Waals surface area contributed by atoms with E-state index >= 15 is 8.78 Å². The minimum atomic E-state index is -3.17. The maximum absolute atomic E-state index is 15.0. The average molecular weight is 515 g/mol. The summed E-state index contributed by atoms with van der Waals surface area (Å²) >= 11 is 0. The SMILES string of the molecule is C[C@@H]1[C@H](NC(=O)c2ccc(N(C)C)cc2)C(F)(F)CCN1c1nnc(C(N)=O)c(Nc2cnn(C)c2)n1. The van der Waals surface area contributed by atoms with Gasteiger partial charge in [0.2, 0.25) is 5.95 Å². The van der Waals surface area contributed by atoms with Crippen LogP contribution in [0.25, 0.3) is 0 Å². The number of alkyl halides is 2. The van der Waals surface area contributed by atoms with Gasteiger partial charge >= 0.3 is 0 Å². The Bertz CT molecular complexity index is 1290. The Morgan fingerprint density at radius 3 is 2.49 bits per heavy atom. The number of hydrogen-bond acceptors (Lipinski definition) is 9. The molecule has 0 spiro atoms. The molecular formula is C23H28F2N10O2. The Morgan fingerprint density at radius 1 is 1.19 bits per heavy atom. The van der Waals surface area contributed by atoms with Crippen LogP contribution >= 0.6 is 0 Å². The minimum Gasteiger partial charge on any atom is -0.378 e. The number of nitrogens with zero attached hydrogens (tertiary/aromatic N) is 7. The summed E-state index contributed by atoms with van der Waals surface area (Å²) in [5.41, 5.74) is 6.85. The predicted molar refractivity (Wildman–Crippen MR) is 133 cm³/mol. The number of benzene rings is 1. The molecule has 1 saturated heterocycles. The van der Waals surface area contributed by atoms with Crippen LogP contribution in [0.3, 0.4) is 0 Å². The van der Waals surface area contributed by atoms with Crippen molar-refractivity contribution < 1.29 is 18.4 Å². The van der Waals surface area contributed by atoms with Gasteiger partial charge in [-0.2, -0.15) is 10.1 Å². The molecule has 1 aromatic carbocycles. The van der Waals surface area contributed by atoms with Gasteiger partial charge in [-0.25, -0.2) is 8.78 Å². The van der Waals surface area contributed by atoms with Crippen molar-refractivity contribution in [3.63, 3.8) is 0 Å². The second-order valence-electron chi connectivity index (χ2n) is 9.04. The number of nitrogens with two attached hydrogens (primary N) is 1. The molecule has 37 heavy (non-hydrogen) atoms. The van der Waals surface area contributed by atoms with E-state index in [1.54, 1.807) is 44.4 Å². The summed E-state index contributed by atoms with van der Waals surface area (Å²) in [6, 6.07) is 4.21. The number of nitrogens with one attached hydrogen (secondary N) is 2. The Balaban J connectivity index is 1.59. The van der Waals surface area contributed by atoms with Crippen LogP contribution in [-0.2, 0) is 7.05 Å². The third kappa shape index (κ3) is 5.42. The molecule has 12 nitrogen and oxygen atoms in total. The quantitative estimate of drug-likeness (QED) is 0.427. The van der Waals surface area contributed by atoms with Crippen LogP contribution < -0.4 is 26.2 Å². The van der Waals surface area contributed by atoms with Gasteiger partial charge in [0.25, 0.3) is 17.7 Å². The zero-order valence-electron chi connectivity index (χ0n) is 20.8. The standard InChI is InChI=1S/C23H28F2N10O2/c1-13-18(29-21(37)14-5-7-16(8-6-14)33(2)3)23(24,25)9-10-35(13)22-30-20(17(19(26)36)31-32-22)28-15-11-27-34(4)12-15/h5-8,11-13,18H,9-10H2,1-4H3,(H2,26,36)(H,29,37)(H,28,30,32)/t13-,18+/m1/s1. The number of amides is 2. The first kappa shape index (κ1) is 25.7. The number of primary amides is 1. The van der Waals surface area contributed by atoms with Crippen LogP contribution in [0.4, 0.5) is 31.9 Å². The lowest BCUT2D eigenvalue weighted by molar-refractivity contribution is -0.0602. The third-order valence-electron chi connectivity index (χ3n) is 6.18. The van der Waals surface area contributed by atoms with E-state index in [-0.39, 0.29) is 29.6 Å². The highest BCUT2D eigenvalue weighted by Crippen LogP contribution is 2.34. The summed E-state index contributed by atoms with van der Waals surface area (Å²) in [5.74, 6) is -4.63. The van der Waals surface area contributed by atoms with Crippen LogP contribution in [0.2, 0.25) is 0 Å². The normalized spacial score (nSPS) is 18.8. The van der Waals surface area contributed by atoms with E-state index in [9.17, 15) is 9.59 Å². The summed E-state index contributed by atoms with van der Waals surface area (Å²) in [7, 11) is 5.43. The topological polar surface area (TPSA) is 147 Å². The molecule has 196 valence electrons. The molecular weight excluding hydrogens is 486 g/mol. The molecule has 1 aliphatic heterocycles. The number of carbonyl (C=O) groups is 2. The van der Waals surface area contributed by atoms with Crippen molar-refractivity contribution in [1.29, 1.82) is 0 Å². The lowest BCUT2D eigenvalue weighted by Crippen LogP contribution is -2.64. The van der Waals surface area contributed by atoms with E-state index in [2.05, 4.69) is 30.9 Å². The van der Waals surface area contributed by atoms with E-state index in [0.717, 1.165) is 5.69 Å². The summed E-state index contributed by atoms with van der Waals surface area (Å²) in [6.07, 6.45) is 2.61. The summed E-state index contributed by atoms with van der Waals surface area (Å²) in [4.78, 5) is 32.5. The van der Waals surface area contributed by atoms with Gasteiger partial charge in [-0.15, -0.1) is 10.2 Å². The first-order valence-electron chi connectivity index (χ1n) is 11.5. The molecule has 2 atom stereocenters. The molecule has 0 bridgehead atoms. The third-order valence-corrected chi connectivity index (χ3v) is 6.18. The van der Waals surface area contributed by atoms with E-state index in [4.69, 9.17) is 5.73 Å². The average Bonchev–Trinajstić information content (AvgIpc) is 3.25.